The number of carbonyl (C=O) groups is 1. The van der Waals surface area contributed by atoms with Crippen molar-refractivity contribution < 1.29 is 19.4 Å². The number of phenols is 1. The summed E-state index contributed by atoms with van der Waals surface area (Å²) in [5, 5.41) is 25.0. The van der Waals surface area contributed by atoms with E-state index in [0.29, 0.717) is 23.9 Å². The first-order valence-corrected chi connectivity index (χ1v) is 8.20. The maximum absolute atomic E-state index is 12.2. The summed E-state index contributed by atoms with van der Waals surface area (Å²) in [4.78, 5) is 12.2. The Labute approximate surface area is 144 Å². The lowest BCUT2D eigenvalue weighted by Crippen LogP contribution is -2.35. The monoisotopic (exact) mass is 349 g/mol. The molecule has 0 radical (unpaired) electrons. The highest BCUT2D eigenvalue weighted by molar-refractivity contribution is 8.03. The van der Waals surface area contributed by atoms with Crippen LogP contribution in [0.15, 0.2) is 28.8 Å². The van der Waals surface area contributed by atoms with E-state index in [2.05, 4.69) is 10.6 Å². The summed E-state index contributed by atoms with van der Waals surface area (Å²) in [5.74, 6) is -0.0749. The maximum atomic E-state index is 12.2. The molecular weight excluding hydrogens is 330 g/mol. The van der Waals surface area contributed by atoms with Crippen molar-refractivity contribution in [2.45, 2.75) is 11.8 Å². The lowest BCUT2D eigenvalue weighted by Gasteiger charge is -2.26. The first kappa shape index (κ1) is 18.0. The molecule has 1 aliphatic heterocycles. The zero-order valence-corrected chi connectivity index (χ0v) is 14.3. The van der Waals surface area contributed by atoms with Gasteiger partial charge in [-0.1, -0.05) is 17.8 Å². The molecule has 0 saturated carbocycles. The molecule has 3 N–H and O–H groups in total. The van der Waals surface area contributed by atoms with Gasteiger partial charge in [-0.05, 0) is 24.1 Å². The molecule has 1 aliphatic rings. The second-order valence-electron chi connectivity index (χ2n) is 4.99. The fraction of sp³-hybridized carbons (Fsp3) is 0.375. The third-order valence-corrected chi connectivity index (χ3v) is 4.59. The van der Waals surface area contributed by atoms with Crippen molar-refractivity contribution in [3.05, 3.63) is 34.4 Å². The quantitative estimate of drug-likeness (QED) is 0.643. The van der Waals surface area contributed by atoms with E-state index in [1.807, 2.05) is 6.07 Å². The second kappa shape index (κ2) is 8.47. The number of phenolic OH excluding ortho intramolecular Hbond substituents is 1. The summed E-state index contributed by atoms with van der Waals surface area (Å²) in [6, 6.07) is 6.81. The molecule has 128 valence electrons. The van der Waals surface area contributed by atoms with Crippen LogP contribution in [0.1, 0.15) is 17.4 Å². The molecule has 0 aliphatic carbocycles. The molecule has 0 unspecified atom stereocenters. The number of methoxy groups -OCH3 is 2. The fourth-order valence-corrected chi connectivity index (χ4v) is 3.29. The number of nitriles is 1. The van der Waals surface area contributed by atoms with E-state index < -0.39 is 5.91 Å². The Kier molecular flexibility index (Phi) is 6.35. The van der Waals surface area contributed by atoms with E-state index >= 15 is 0 Å². The number of rotatable bonds is 7. The molecule has 0 bridgehead atoms. The molecule has 1 amide bonds. The highest BCUT2D eigenvalue weighted by Gasteiger charge is 2.29. The molecule has 2 rings (SSSR count). The number of nitrogens with zero attached hydrogens (tertiary/aromatic N) is 1. The summed E-state index contributed by atoms with van der Waals surface area (Å²) in [6.45, 7) is 1.19. The van der Waals surface area contributed by atoms with Gasteiger partial charge in [-0.2, -0.15) is 5.26 Å². The smallest absolute Gasteiger partial charge is 0.265 e. The first-order chi connectivity index (χ1) is 11.6. The molecule has 0 fully saturated rings. The highest BCUT2D eigenvalue weighted by Crippen LogP contribution is 2.39. The summed E-state index contributed by atoms with van der Waals surface area (Å²) < 4.78 is 10.1. The van der Waals surface area contributed by atoms with Crippen LogP contribution < -0.4 is 15.4 Å². The van der Waals surface area contributed by atoms with Crippen molar-refractivity contribution in [3.63, 3.8) is 0 Å². The Morgan fingerprint density at radius 3 is 2.92 bits per heavy atom. The van der Waals surface area contributed by atoms with E-state index in [9.17, 15) is 15.2 Å². The van der Waals surface area contributed by atoms with Crippen LogP contribution >= 0.6 is 11.8 Å². The topological polar surface area (TPSA) is 104 Å². The molecule has 8 heteroatoms. The fourth-order valence-electron chi connectivity index (χ4n) is 2.16. The SMILES string of the molecule is COCCCNC1=C(C#N)C(=O)N[C@H](c2ccc(O)c(OC)c2)S1. The van der Waals surface area contributed by atoms with Crippen molar-refractivity contribution in [1.29, 1.82) is 5.26 Å². The van der Waals surface area contributed by atoms with Crippen LogP contribution in [0, 0.1) is 11.3 Å². The van der Waals surface area contributed by atoms with Crippen LogP contribution in [0.3, 0.4) is 0 Å². The van der Waals surface area contributed by atoms with Crippen LogP contribution in [0.2, 0.25) is 0 Å². The van der Waals surface area contributed by atoms with Gasteiger partial charge in [-0.15, -0.1) is 0 Å². The number of hydrogen-bond donors (Lipinski definition) is 3. The number of carbonyl (C=O) groups excluding carboxylic acids is 1. The van der Waals surface area contributed by atoms with Crippen LogP contribution in [-0.2, 0) is 9.53 Å². The van der Waals surface area contributed by atoms with Gasteiger partial charge in [0.25, 0.3) is 5.91 Å². The molecule has 1 aromatic carbocycles. The van der Waals surface area contributed by atoms with Gasteiger partial charge in [0.1, 0.15) is 17.0 Å². The molecule has 0 aromatic heterocycles. The van der Waals surface area contributed by atoms with Crippen LogP contribution in [0.4, 0.5) is 0 Å². The lowest BCUT2D eigenvalue weighted by atomic mass is 10.2. The molecule has 1 aromatic rings. The molecule has 0 spiro atoms. The molecule has 1 atom stereocenters. The number of amides is 1. The Morgan fingerprint density at radius 2 is 2.25 bits per heavy atom. The van der Waals surface area contributed by atoms with Gasteiger partial charge in [0.05, 0.1) is 12.1 Å². The van der Waals surface area contributed by atoms with Crippen LogP contribution in [-0.4, -0.2) is 38.4 Å². The number of ether oxygens (including phenoxy) is 2. The van der Waals surface area contributed by atoms with Crippen LogP contribution in [0.5, 0.6) is 11.5 Å². The Hall–Kier alpha value is -2.37. The zero-order chi connectivity index (χ0) is 17.5. The van der Waals surface area contributed by atoms with E-state index in [-0.39, 0.29) is 16.7 Å². The second-order valence-corrected chi connectivity index (χ2v) is 6.11. The number of hydrogen-bond acceptors (Lipinski definition) is 7. The van der Waals surface area contributed by atoms with Gasteiger partial charge in [0.15, 0.2) is 11.5 Å². The Balaban J connectivity index is 2.19. The minimum absolute atomic E-state index is 0.0274. The molecule has 0 saturated heterocycles. The minimum Gasteiger partial charge on any atom is -0.504 e. The minimum atomic E-state index is -0.428. The number of nitrogens with one attached hydrogen (secondary N) is 2. The van der Waals surface area contributed by atoms with Gasteiger partial charge < -0.3 is 25.2 Å². The average Bonchev–Trinajstić information content (AvgIpc) is 2.58. The van der Waals surface area contributed by atoms with Crippen LogP contribution in [0.25, 0.3) is 0 Å². The number of benzene rings is 1. The third-order valence-electron chi connectivity index (χ3n) is 3.38. The standard InChI is InChI=1S/C16H19N3O4S/c1-22-7-3-6-18-16-11(9-17)14(21)19-15(24-16)10-4-5-12(20)13(8-10)23-2/h4-5,8,15,18,20H,3,6-7H2,1-2H3,(H,19,21)/t15-/m0/s1. The van der Waals surface area contributed by atoms with Gasteiger partial charge in [-0.25, -0.2) is 0 Å². The average molecular weight is 349 g/mol. The molecule has 1 heterocycles. The largest absolute Gasteiger partial charge is 0.504 e. The van der Waals surface area contributed by atoms with Gasteiger partial charge in [-0.3, -0.25) is 4.79 Å². The normalized spacial score (nSPS) is 17.2. The van der Waals surface area contributed by atoms with Gasteiger partial charge in [0.2, 0.25) is 0 Å². The third kappa shape index (κ3) is 4.13. The van der Waals surface area contributed by atoms with E-state index in [1.54, 1.807) is 19.2 Å². The number of thioether (sulfide) groups is 1. The van der Waals surface area contributed by atoms with Gasteiger partial charge >= 0.3 is 0 Å². The summed E-state index contributed by atoms with van der Waals surface area (Å²) >= 11 is 1.34. The Bertz CT molecular complexity index is 684. The molecular formula is C16H19N3O4S. The Morgan fingerprint density at radius 1 is 1.46 bits per heavy atom. The summed E-state index contributed by atoms with van der Waals surface area (Å²) in [7, 11) is 3.08. The predicted octanol–water partition coefficient (Wildman–Crippen LogP) is 1.62. The highest BCUT2D eigenvalue weighted by atomic mass is 32.2. The van der Waals surface area contributed by atoms with Crippen molar-refractivity contribution in [1.82, 2.24) is 10.6 Å². The first-order valence-electron chi connectivity index (χ1n) is 7.32. The van der Waals surface area contributed by atoms with Crippen molar-refractivity contribution >= 4 is 17.7 Å². The predicted molar refractivity (Wildman–Crippen MR) is 90.3 cm³/mol. The van der Waals surface area contributed by atoms with Crippen molar-refractivity contribution in [3.8, 4) is 17.6 Å². The summed E-state index contributed by atoms with van der Waals surface area (Å²) in [6.07, 6.45) is 0.762. The lowest BCUT2D eigenvalue weighted by molar-refractivity contribution is -0.117. The van der Waals surface area contributed by atoms with E-state index in [1.165, 1.54) is 24.9 Å². The number of aromatic hydroxyl groups is 1. The van der Waals surface area contributed by atoms with E-state index in [4.69, 9.17) is 9.47 Å². The van der Waals surface area contributed by atoms with E-state index in [0.717, 1.165) is 12.0 Å². The van der Waals surface area contributed by atoms with Gasteiger partial charge in [0, 0.05) is 20.3 Å². The zero-order valence-electron chi connectivity index (χ0n) is 13.5. The van der Waals surface area contributed by atoms with Crippen molar-refractivity contribution in [2.24, 2.45) is 0 Å². The van der Waals surface area contributed by atoms with Crippen molar-refractivity contribution in [2.75, 3.05) is 27.4 Å². The molecule has 7 nitrogen and oxygen atoms in total. The summed E-state index contributed by atoms with van der Waals surface area (Å²) in [5.41, 5.74) is 0.829. The maximum Gasteiger partial charge on any atom is 0.265 e. The molecule has 24 heavy (non-hydrogen) atoms.